The van der Waals surface area contributed by atoms with Crippen molar-refractivity contribution >= 4 is 11.6 Å². The van der Waals surface area contributed by atoms with Gasteiger partial charge in [-0.15, -0.1) is 23.9 Å². The minimum absolute atomic E-state index is 0.150. The van der Waals surface area contributed by atoms with Crippen molar-refractivity contribution in [3.05, 3.63) is 35.9 Å². The van der Waals surface area contributed by atoms with Crippen LogP contribution in [0.4, 0.5) is 0 Å². The molecule has 0 saturated carbocycles. The summed E-state index contributed by atoms with van der Waals surface area (Å²) in [5.74, 6) is 2.65. The number of benzene rings is 1. The molecule has 0 bridgehead atoms. The molecule has 1 aromatic rings. The first-order valence-corrected chi connectivity index (χ1v) is 5.90. The van der Waals surface area contributed by atoms with Crippen molar-refractivity contribution in [2.45, 2.75) is 37.5 Å². The fourth-order valence-corrected chi connectivity index (χ4v) is 1.86. The quantitative estimate of drug-likeness (QED) is 0.375. The molecule has 0 N–H and O–H groups in total. The number of hydrogen-bond acceptors (Lipinski definition) is 0. The molecule has 0 nitrogen and oxygen atoms in total. The molecule has 0 saturated heterocycles. The SMILES string of the molecule is C#CCCCCCC(Cl)c1ccccc1. The van der Waals surface area contributed by atoms with E-state index in [-0.39, 0.29) is 5.38 Å². The van der Waals surface area contributed by atoms with E-state index >= 15 is 0 Å². The smallest absolute Gasteiger partial charge is 0.0585 e. The maximum Gasteiger partial charge on any atom is 0.0585 e. The van der Waals surface area contributed by atoms with Crippen molar-refractivity contribution in [3.8, 4) is 12.3 Å². The van der Waals surface area contributed by atoms with E-state index < -0.39 is 0 Å². The van der Waals surface area contributed by atoms with Gasteiger partial charge in [0.05, 0.1) is 5.38 Å². The van der Waals surface area contributed by atoms with Crippen molar-refractivity contribution in [3.63, 3.8) is 0 Å². The van der Waals surface area contributed by atoms with Crippen LogP contribution >= 0.6 is 11.6 Å². The Labute approximate surface area is 97.7 Å². The van der Waals surface area contributed by atoms with Crippen LogP contribution < -0.4 is 0 Å². The second-order valence-corrected chi connectivity index (χ2v) is 4.21. The van der Waals surface area contributed by atoms with Crippen molar-refractivity contribution in [2.75, 3.05) is 0 Å². The molecule has 15 heavy (non-hydrogen) atoms. The zero-order valence-electron chi connectivity index (χ0n) is 8.95. The lowest BCUT2D eigenvalue weighted by molar-refractivity contribution is 0.640. The monoisotopic (exact) mass is 220 g/mol. The van der Waals surface area contributed by atoms with Gasteiger partial charge in [0.1, 0.15) is 0 Å². The van der Waals surface area contributed by atoms with E-state index in [1.165, 1.54) is 12.0 Å². The Bertz CT molecular complexity index is 297. The summed E-state index contributed by atoms with van der Waals surface area (Å²) in [6.07, 6.45) is 10.6. The maximum absolute atomic E-state index is 6.28. The van der Waals surface area contributed by atoms with Crippen LogP contribution in [0.25, 0.3) is 0 Å². The number of unbranched alkanes of at least 4 members (excludes halogenated alkanes) is 3. The molecule has 80 valence electrons. The summed E-state index contributed by atoms with van der Waals surface area (Å²) in [4.78, 5) is 0. The van der Waals surface area contributed by atoms with Gasteiger partial charge >= 0.3 is 0 Å². The van der Waals surface area contributed by atoms with Gasteiger partial charge in [-0.2, -0.15) is 0 Å². The summed E-state index contributed by atoms with van der Waals surface area (Å²) in [6, 6.07) is 10.2. The first kappa shape index (κ1) is 12.1. The molecule has 0 amide bonds. The third kappa shape index (κ3) is 4.91. The lowest BCUT2D eigenvalue weighted by atomic mass is 10.1. The van der Waals surface area contributed by atoms with E-state index in [4.69, 9.17) is 18.0 Å². The van der Waals surface area contributed by atoms with E-state index in [1.54, 1.807) is 0 Å². The highest BCUT2D eigenvalue weighted by atomic mass is 35.5. The normalized spacial score (nSPS) is 12.0. The zero-order valence-corrected chi connectivity index (χ0v) is 9.71. The number of alkyl halides is 1. The predicted molar refractivity (Wildman–Crippen MR) is 67.0 cm³/mol. The van der Waals surface area contributed by atoms with E-state index in [9.17, 15) is 0 Å². The summed E-state index contributed by atoms with van der Waals surface area (Å²) >= 11 is 6.28. The van der Waals surface area contributed by atoms with Crippen molar-refractivity contribution in [1.29, 1.82) is 0 Å². The van der Waals surface area contributed by atoms with Gasteiger partial charge in [0.25, 0.3) is 0 Å². The molecule has 1 rings (SSSR count). The highest BCUT2D eigenvalue weighted by Crippen LogP contribution is 2.26. The third-order valence-electron chi connectivity index (χ3n) is 2.44. The zero-order chi connectivity index (χ0) is 10.9. The van der Waals surface area contributed by atoms with Gasteiger partial charge in [0, 0.05) is 6.42 Å². The predicted octanol–water partition coefficient (Wildman–Crippen LogP) is 4.55. The van der Waals surface area contributed by atoms with Gasteiger partial charge in [0.2, 0.25) is 0 Å². The lowest BCUT2D eigenvalue weighted by Crippen LogP contribution is -1.90. The van der Waals surface area contributed by atoms with E-state index in [1.807, 2.05) is 18.2 Å². The molecule has 1 aromatic carbocycles. The average molecular weight is 221 g/mol. The molecule has 0 aliphatic heterocycles. The van der Waals surface area contributed by atoms with Gasteiger partial charge in [-0.05, 0) is 18.4 Å². The molecular weight excluding hydrogens is 204 g/mol. The molecule has 0 aliphatic carbocycles. The standard InChI is InChI=1S/C14H17Cl/c1-2-3-4-5-9-12-14(15)13-10-7-6-8-11-13/h1,6-8,10-11,14H,3-5,9,12H2. The molecule has 0 aliphatic rings. The molecule has 1 heteroatoms. The minimum atomic E-state index is 0.150. The second kappa shape index (κ2) is 7.37. The molecule has 1 unspecified atom stereocenters. The fraction of sp³-hybridized carbons (Fsp3) is 0.429. The first-order valence-electron chi connectivity index (χ1n) is 5.47. The summed E-state index contributed by atoms with van der Waals surface area (Å²) in [6.45, 7) is 0. The highest BCUT2D eigenvalue weighted by Gasteiger charge is 2.05. The van der Waals surface area contributed by atoms with Gasteiger partial charge in [0.15, 0.2) is 0 Å². The Morgan fingerprint density at radius 1 is 1.13 bits per heavy atom. The Kier molecular flexibility index (Phi) is 5.97. The van der Waals surface area contributed by atoms with Gasteiger partial charge in [-0.3, -0.25) is 0 Å². The molecule has 1 atom stereocenters. The Morgan fingerprint density at radius 2 is 1.87 bits per heavy atom. The largest absolute Gasteiger partial charge is 0.120 e. The number of terminal acetylenes is 1. The van der Waals surface area contributed by atoms with Crippen LogP contribution in [0.15, 0.2) is 30.3 Å². The summed E-state index contributed by atoms with van der Waals surface area (Å²) in [7, 11) is 0. The van der Waals surface area contributed by atoms with Crippen LogP contribution in [0.2, 0.25) is 0 Å². The van der Waals surface area contributed by atoms with Crippen LogP contribution in [0.1, 0.15) is 43.0 Å². The number of halogens is 1. The molecular formula is C14H17Cl. The van der Waals surface area contributed by atoms with Crippen molar-refractivity contribution in [1.82, 2.24) is 0 Å². The highest BCUT2D eigenvalue weighted by molar-refractivity contribution is 6.20. The van der Waals surface area contributed by atoms with Gasteiger partial charge in [-0.1, -0.05) is 43.2 Å². The Hall–Kier alpha value is -0.930. The summed E-state index contributed by atoms with van der Waals surface area (Å²) < 4.78 is 0. The lowest BCUT2D eigenvalue weighted by Gasteiger charge is -2.08. The van der Waals surface area contributed by atoms with Gasteiger partial charge in [-0.25, -0.2) is 0 Å². The van der Waals surface area contributed by atoms with Crippen LogP contribution in [0.3, 0.4) is 0 Å². The minimum Gasteiger partial charge on any atom is -0.120 e. The van der Waals surface area contributed by atoms with E-state index in [2.05, 4.69) is 18.1 Å². The maximum atomic E-state index is 6.28. The second-order valence-electron chi connectivity index (χ2n) is 3.68. The molecule has 0 heterocycles. The number of rotatable bonds is 6. The molecule has 0 aromatic heterocycles. The summed E-state index contributed by atoms with van der Waals surface area (Å²) in [5.41, 5.74) is 1.22. The number of hydrogen-bond donors (Lipinski definition) is 0. The Balaban J connectivity index is 2.20. The molecule has 0 radical (unpaired) electrons. The van der Waals surface area contributed by atoms with E-state index in [0.29, 0.717) is 0 Å². The van der Waals surface area contributed by atoms with E-state index in [0.717, 1.165) is 25.7 Å². The first-order chi connectivity index (χ1) is 7.34. The summed E-state index contributed by atoms with van der Waals surface area (Å²) in [5, 5.41) is 0.150. The van der Waals surface area contributed by atoms with Crippen LogP contribution in [0.5, 0.6) is 0 Å². The fourth-order valence-electron chi connectivity index (χ4n) is 1.56. The molecule has 0 fully saturated rings. The topological polar surface area (TPSA) is 0 Å². The van der Waals surface area contributed by atoms with Crippen molar-refractivity contribution < 1.29 is 0 Å². The van der Waals surface area contributed by atoms with Crippen LogP contribution in [-0.4, -0.2) is 0 Å². The average Bonchev–Trinajstić information content (AvgIpc) is 2.30. The van der Waals surface area contributed by atoms with Crippen LogP contribution in [-0.2, 0) is 0 Å². The molecule has 0 spiro atoms. The van der Waals surface area contributed by atoms with Gasteiger partial charge < -0.3 is 0 Å². The van der Waals surface area contributed by atoms with Crippen LogP contribution in [0, 0.1) is 12.3 Å². The van der Waals surface area contributed by atoms with Crippen molar-refractivity contribution in [2.24, 2.45) is 0 Å². The Morgan fingerprint density at radius 3 is 2.53 bits per heavy atom. The third-order valence-corrected chi connectivity index (χ3v) is 2.91.